The minimum Gasteiger partial charge on any atom is -0.347 e. The molecule has 1 atom stereocenters. The van der Waals surface area contributed by atoms with Crippen LogP contribution in [0, 0.1) is 6.92 Å². The van der Waals surface area contributed by atoms with E-state index < -0.39 is 0 Å². The van der Waals surface area contributed by atoms with Crippen LogP contribution in [0.25, 0.3) is 0 Å². The highest BCUT2D eigenvalue weighted by Gasteiger charge is 2.33. The molecule has 0 radical (unpaired) electrons. The monoisotopic (exact) mass is 258 g/mol. The Bertz CT molecular complexity index is 598. The lowest BCUT2D eigenvalue weighted by Crippen LogP contribution is -2.32. The van der Waals surface area contributed by atoms with E-state index in [4.69, 9.17) is 0 Å². The lowest BCUT2D eigenvalue weighted by Gasteiger charge is -2.23. The van der Waals surface area contributed by atoms with E-state index in [1.54, 1.807) is 0 Å². The van der Waals surface area contributed by atoms with Gasteiger partial charge in [-0.15, -0.1) is 0 Å². The van der Waals surface area contributed by atoms with E-state index in [1.165, 1.54) is 0 Å². The Labute approximate surface area is 112 Å². The molecule has 2 aromatic rings. The van der Waals surface area contributed by atoms with E-state index in [1.807, 2.05) is 48.0 Å². The first-order valence-electron chi connectivity index (χ1n) is 6.60. The molecule has 19 heavy (non-hydrogen) atoms. The molecule has 1 amide bonds. The molecule has 0 spiro atoms. The predicted octanol–water partition coefficient (Wildman–Crippen LogP) is 2.03. The first-order chi connectivity index (χ1) is 9.16. The summed E-state index contributed by atoms with van der Waals surface area (Å²) in [5.41, 5.74) is 1.77. The Morgan fingerprint density at radius 3 is 3.00 bits per heavy atom. The van der Waals surface area contributed by atoms with Crippen molar-refractivity contribution in [1.82, 2.24) is 19.4 Å². The fourth-order valence-electron chi connectivity index (χ4n) is 2.73. The molecule has 5 heteroatoms. The molecular weight excluding hydrogens is 240 g/mol. The third kappa shape index (κ3) is 2.05. The Balaban J connectivity index is 1.88. The van der Waals surface area contributed by atoms with Crippen molar-refractivity contribution in [2.45, 2.75) is 25.8 Å². The molecule has 0 bridgehead atoms. The molecule has 0 aromatic carbocycles. The number of aromatic nitrogens is 3. The van der Waals surface area contributed by atoms with Crippen LogP contribution in [0.4, 0.5) is 0 Å². The number of amides is 1. The number of carbonyl (C=O) groups excluding carboxylic acids is 1. The van der Waals surface area contributed by atoms with Gasteiger partial charge in [-0.1, -0.05) is 0 Å². The second-order valence-electron chi connectivity index (χ2n) is 5.11. The molecule has 1 fully saturated rings. The molecule has 3 heterocycles. The van der Waals surface area contributed by atoms with E-state index in [-0.39, 0.29) is 11.9 Å². The van der Waals surface area contributed by atoms with Gasteiger partial charge in [0.1, 0.15) is 11.5 Å². The van der Waals surface area contributed by atoms with Gasteiger partial charge in [0, 0.05) is 31.7 Å². The van der Waals surface area contributed by atoms with Crippen LogP contribution in [0.15, 0.2) is 24.5 Å². The Hall–Kier alpha value is -2.04. The molecule has 100 valence electrons. The number of aryl methyl sites for hydroxylation is 2. The number of likely N-dealkylation sites (tertiary alicyclic amines) is 1. The lowest BCUT2D eigenvalue weighted by molar-refractivity contribution is 0.0720. The number of carbonyl (C=O) groups is 1. The number of aromatic amines is 1. The van der Waals surface area contributed by atoms with Gasteiger partial charge in [0.25, 0.3) is 5.91 Å². The van der Waals surface area contributed by atoms with Crippen molar-refractivity contribution < 1.29 is 4.79 Å². The summed E-state index contributed by atoms with van der Waals surface area (Å²) in [5, 5.41) is 0. The van der Waals surface area contributed by atoms with Crippen molar-refractivity contribution in [2.75, 3.05) is 6.54 Å². The van der Waals surface area contributed by atoms with E-state index in [0.29, 0.717) is 0 Å². The van der Waals surface area contributed by atoms with Crippen LogP contribution in [0.3, 0.4) is 0 Å². The topological polar surface area (TPSA) is 53.9 Å². The number of imidazole rings is 1. The summed E-state index contributed by atoms with van der Waals surface area (Å²) in [5.74, 6) is 0.988. The summed E-state index contributed by atoms with van der Waals surface area (Å²) < 4.78 is 1.87. The van der Waals surface area contributed by atoms with Crippen molar-refractivity contribution in [3.05, 3.63) is 41.7 Å². The highest BCUT2D eigenvalue weighted by Crippen LogP contribution is 2.31. The largest absolute Gasteiger partial charge is 0.347 e. The smallest absolute Gasteiger partial charge is 0.271 e. The molecule has 3 rings (SSSR count). The first kappa shape index (κ1) is 12.0. The summed E-state index contributed by atoms with van der Waals surface area (Å²) in [6.45, 7) is 2.78. The zero-order valence-electron chi connectivity index (χ0n) is 11.3. The third-order valence-electron chi connectivity index (χ3n) is 3.71. The summed E-state index contributed by atoms with van der Waals surface area (Å²) in [6.07, 6.45) is 5.72. The minimum absolute atomic E-state index is 0.0797. The van der Waals surface area contributed by atoms with Gasteiger partial charge in [-0.3, -0.25) is 4.79 Å². The molecular formula is C14H18N4O. The van der Waals surface area contributed by atoms with Crippen LogP contribution >= 0.6 is 0 Å². The Kier molecular flexibility index (Phi) is 2.89. The first-order valence-corrected chi connectivity index (χ1v) is 6.60. The van der Waals surface area contributed by atoms with Crippen molar-refractivity contribution in [1.29, 1.82) is 0 Å². The maximum atomic E-state index is 12.6. The fourth-order valence-corrected chi connectivity index (χ4v) is 2.73. The summed E-state index contributed by atoms with van der Waals surface area (Å²) in [4.78, 5) is 22.1. The number of H-pyrrole nitrogens is 1. The number of nitrogens with one attached hydrogen (secondary N) is 1. The Morgan fingerprint density at radius 2 is 2.37 bits per heavy atom. The highest BCUT2D eigenvalue weighted by atomic mass is 16.2. The van der Waals surface area contributed by atoms with Gasteiger partial charge >= 0.3 is 0 Å². The van der Waals surface area contributed by atoms with Crippen LogP contribution in [0.1, 0.15) is 40.9 Å². The number of rotatable bonds is 2. The average Bonchev–Trinajstić information content (AvgIpc) is 3.07. The zero-order chi connectivity index (χ0) is 13.4. The van der Waals surface area contributed by atoms with Crippen LogP contribution < -0.4 is 0 Å². The van der Waals surface area contributed by atoms with Crippen LogP contribution in [0.2, 0.25) is 0 Å². The van der Waals surface area contributed by atoms with Crippen LogP contribution in [-0.2, 0) is 7.05 Å². The molecule has 5 nitrogen and oxygen atoms in total. The van der Waals surface area contributed by atoms with E-state index in [9.17, 15) is 4.79 Å². The molecule has 0 aliphatic carbocycles. The van der Waals surface area contributed by atoms with Gasteiger partial charge in [-0.25, -0.2) is 4.98 Å². The van der Waals surface area contributed by atoms with E-state index in [2.05, 4.69) is 9.97 Å². The summed E-state index contributed by atoms with van der Waals surface area (Å²) in [7, 11) is 1.90. The standard InChI is InChI=1S/C14H18N4O/c1-10-9-15-13(16-10)11-5-4-8-18(11)14(19)12-6-3-7-17(12)2/h3,6-7,9,11H,4-5,8H2,1-2H3,(H,15,16). The normalized spacial score (nSPS) is 19.1. The molecule has 0 saturated carbocycles. The van der Waals surface area contributed by atoms with Gasteiger partial charge < -0.3 is 14.5 Å². The average molecular weight is 258 g/mol. The summed E-state index contributed by atoms with van der Waals surface area (Å²) >= 11 is 0. The summed E-state index contributed by atoms with van der Waals surface area (Å²) in [6, 6.07) is 3.84. The predicted molar refractivity (Wildman–Crippen MR) is 71.7 cm³/mol. The number of hydrogen-bond acceptors (Lipinski definition) is 2. The highest BCUT2D eigenvalue weighted by molar-refractivity contribution is 5.93. The molecule has 1 N–H and O–H groups in total. The lowest BCUT2D eigenvalue weighted by atomic mass is 10.2. The number of nitrogens with zero attached hydrogens (tertiary/aromatic N) is 3. The van der Waals surface area contributed by atoms with Gasteiger partial charge in [0.05, 0.1) is 6.04 Å². The second kappa shape index (κ2) is 4.57. The quantitative estimate of drug-likeness (QED) is 0.896. The molecule has 1 aliphatic rings. The van der Waals surface area contributed by atoms with E-state index in [0.717, 1.165) is 36.6 Å². The third-order valence-corrected chi connectivity index (χ3v) is 3.71. The maximum Gasteiger partial charge on any atom is 0.271 e. The zero-order valence-corrected chi connectivity index (χ0v) is 11.3. The fraction of sp³-hybridized carbons (Fsp3) is 0.429. The van der Waals surface area contributed by atoms with Crippen LogP contribution in [-0.4, -0.2) is 31.9 Å². The molecule has 1 unspecified atom stereocenters. The van der Waals surface area contributed by atoms with Crippen molar-refractivity contribution in [3.8, 4) is 0 Å². The second-order valence-corrected chi connectivity index (χ2v) is 5.11. The van der Waals surface area contributed by atoms with Gasteiger partial charge in [-0.2, -0.15) is 0 Å². The van der Waals surface area contributed by atoms with Gasteiger partial charge in [0.2, 0.25) is 0 Å². The Morgan fingerprint density at radius 1 is 1.53 bits per heavy atom. The van der Waals surface area contributed by atoms with Crippen molar-refractivity contribution in [3.63, 3.8) is 0 Å². The van der Waals surface area contributed by atoms with Gasteiger partial charge in [-0.05, 0) is 31.9 Å². The SMILES string of the molecule is Cc1cnc(C2CCCN2C(=O)c2cccn2C)[nH]1. The maximum absolute atomic E-state index is 12.6. The minimum atomic E-state index is 0.0797. The van der Waals surface area contributed by atoms with Crippen molar-refractivity contribution >= 4 is 5.91 Å². The molecule has 1 aliphatic heterocycles. The van der Waals surface area contributed by atoms with Gasteiger partial charge in [0.15, 0.2) is 0 Å². The van der Waals surface area contributed by atoms with Crippen molar-refractivity contribution in [2.24, 2.45) is 7.05 Å². The van der Waals surface area contributed by atoms with E-state index >= 15 is 0 Å². The molecule has 1 saturated heterocycles. The molecule has 2 aromatic heterocycles. The van der Waals surface area contributed by atoms with Crippen LogP contribution in [0.5, 0.6) is 0 Å². The number of hydrogen-bond donors (Lipinski definition) is 1.